The van der Waals surface area contributed by atoms with Crippen molar-refractivity contribution in [2.75, 3.05) is 16.8 Å². The monoisotopic (exact) mass is 360 g/mol. The fourth-order valence-electron chi connectivity index (χ4n) is 3.08. The second-order valence-electron chi connectivity index (χ2n) is 6.68. The molecule has 0 saturated carbocycles. The number of carbonyl (C=O) groups excluding carboxylic acids is 1. The molecule has 1 aromatic heterocycles. The van der Waals surface area contributed by atoms with E-state index < -0.39 is 0 Å². The number of hydrogen-bond acceptors (Lipinski definition) is 4. The number of benzene rings is 2. The highest BCUT2D eigenvalue weighted by atomic mass is 16.2. The van der Waals surface area contributed by atoms with Crippen molar-refractivity contribution in [3.8, 4) is 0 Å². The molecule has 0 unspecified atom stereocenters. The fourth-order valence-corrected chi connectivity index (χ4v) is 3.08. The molecule has 1 heterocycles. The molecule has 1 amide bonds. The van der Waals surface area contributed by atoms with Gasteiger partial charge < -0.3 is 10.2 Å². The van der Waals surface area contributed by atoms with Gasteiger partial charge >= 0.3 is 0 Å². The van der Waals surface area contributed by atoms with Crippen molar-refractivity contribution in [2.45, 2.75) is 27.7 Å². The van der Waals surface area contributed by atoms with Crippen LogP contribution >= 0.6 is 0 Å². The molecule has 5 heteroatoms. The molecule has 1 N–H and O–H groups in total. The maximum Gasteiger partial charge on any atom is 0.278 e. The third-order valence-corrected chi connectivity index (χ3v) is 4.24. The van der Waals surface area contributed by atoms with Crippen LogP contribution in [0.15, 0.2) is 54.9 Å². The summed E-state index contributed by atoms with van der Waals surface area (Å²) in [4.78, 5) is 23.2. The van der Waals surface area contributed by atoms with E-state index in [0.717, 1.165) is 16.9 Å². The Bertz CT molecular complexity index is 931. The van der Waals surface area contributed by atoms with E-state index in [-0.39, 0.29) is 5.91 Å². The van der Waals surface area contributed by atoms with E-state index >= 15 is 0 Å². The summed E-state index contributed by atoms with van der Waals surface area (Å²) >= 11 is 0. The molecule has 0 spiro atoms. The summed E-state index contributed by atoms with van der Waals surface area (Å²) < 4.78 is 0. The molecule has 3 aromatic rings. The molecule has 0 atom stereocenters. The number of amides is 1. The van der Waals surface area contributed by atoms with E-state index in [9.17, 15) is 4.79 Å². The Morgan fingerprint density at radius 2 is 1.70 bits per heavy atom. The van der Waals surface area contributed by atoms with Gasteiger partial charge in [-0.2, -0.15) is 0 Å². The van der Waals surface area contributed by atoms with Crippen LogP contribution in [0.3, 0.4) is 0 Å². The van der Waals surface area contributed by atoms with Gasteiger partial charge in [0.15, 0.2) is 0 Å². The zero-order valence-corrected chi connectivity index (χ0v) is 16.2. The van der Waals surface area contributed by atoms with Crippen LogP contribution in [0.4, 0.5) is 17.2 Å². The largest absolute Gasteiger partial charge is 0.339 e. The standard InChI is InChI=1S/C22H24N4O/c1-5-26(19-8-6-7-15(2)12-19)22(27)20-13-24-21(14-23-20)25-18-10-16(3)9-17(4)11-18/h6-14H,5H2,1-4H3,(H,24,25). The van der Waals surface area contributed by atoms with Crippen LogP contribution in [0, 0.1) is 20.8 Å². The van der Waals surface area contributed by atoms with Crippen LogP contribution in [0.1, 0.15) is 34.1 Å². The molecule has 0 fully saturated rings. The third kappa shape index (κ3) is 4.50. The van der Waals surface area contributed by atoms with Gasteiger partial charge in [0.05, 0.1) is 12.4 Å². The average Bonchev–Trinajstić information content (AvgIpc) is 2.62. The minimum absolute atomic E-state index is 0.159. The quantitative estimate of drug-likeness (QED) is 0.709. The molecule has 0 aliphatic carbocycles. The number of anilines is 3. The van der Waals surface area contributed by atoms with Gasteiger partial charge in [-0.3, -0.25) is 4.79 Å². The SMILES string of the molecule is CCN(C(=O)c1cnc(Nc2cc(C)cc(C)c2)cn1)c1cccc(C)c1. The second kappa shape index (κ2) is 7.99. The highest BCUT2D eigenvalue weighted by Gasteiger charge is 2.18. The van der Waals surface area contributed by atoms with E-state index in [4.69, 9.17) is 0 Å². The first-order chi connectivity index (χ1) is 13.0. The summed E-state index contributed by atoms with van der Waals surface area (Å²) in [5.41, 5.74) is 5.60. The zero-order valence-electron chi connectivity index (χ0n) is 16.2. The van der Waals surface area contributed by atoms with Crippen molar-refractivity contribution in [1.82, 2.24) is 9.97 Å². The molecule has 0 bridgehead atoms. The number of carbonyl (C=O) groups is 1. The summed E-state index contributed by atoms with van der Waals surface area (Å²) in [6.07, 6.45) is 3.11. The lowest BCUT2D eigenvalue weighted by Gasteiger charge is -2.21. The number of nitrogens with zero attached hydrogens (tertiary/aromatic N) is 3. The number of aryl methyl sites for hydroxylation is 3. The molecule has 138 valence electrons. The molecule has 0 saturated heterocycles. The first-order valence-corrected chi connectivity index (χ1v) is 9.02. The Balaban J connectivity index is 1.78. The van der Waals surface area contributed by atoms with Crippen molar-refractivity contribution >= 4 is 23.1 Å². The Morgan fingerprint density at radius 1 is 0.963 bits per heavy atom. The van der Waals surface area contributed by atoms with Crippen LogP contribution in [-0.4, -0.2) is 22.4 Å². The Labute approximate surface area is 160 Å². The van der Waals surface area contributed by atoms with Gasteiger partial charge in [0.2, 0.25) is 0 Å². The van der Waals surface area contributed by atoms with Crippen LogP contribution in [0.25, 0.3) is 0 Å². The maximum atomic E-state index is 12.8. The minimum Gasteiger partial charge on any atom is -0.339 e. The highest BCUT2D eigenvalue weighted by molar-refractivity contribution is 6.04. The van der Waals surface area contributed by atoms with E-state index in [0.29, 0.717) is 18.1 Å². The van der Waals surface area contributed by atoms with E-state index in [1.54, 1.807) is 11.1 Å². The molecule has 3 rings (SSSR count). The predicted molar refractivity (Wildman–Crippen MR) is 110 cm³/mol. The van der Waals surface area contributed by atoms with E-state index in [1.807, 2.05) is 50.2 Å². The van der Waals surface area contributed by atoms with E-state index in [2.05, 4.69) is 35.2 Å². The normalized spacial score (nSPS) is 10.5. The lowest BCUT2D eigenvalue weighted by molar-refractivity contribution is 0.0983. The second-order valence-corrected chi connectivity index (χ2v) is 6.68. The average molecular weight is 360 g/mol. The molecule has 5 nitrogen and oxygen atoms in total. The van der Waals surface area contributed by atoms with Gasteiger partial charge in [0.25, 0.3) is 5.91 Å². The first-order valence-electron chi connectivity index (χ1n) is 9.02. The Kier molecular flexibility index (Phi) is 5.50. The van der Waals surface area contributed by atoms with Crippen LogP contribution in [0.2, 0.25) is 0 Å². The number of nitrogens with one attached hydrogen (secondary N) is 1. The molecule has 2 aromatic carbocycles. The van der Waals surface area contributed by atoms with Crippen LogP contribution in [-0.2, 0) is 0 Å². The molecule has 0 radical (unpaired) electrons. The molecular formula is C22H24N4O. The Hall–Kier alpha value is -3.21. The van der Waals surface area contributed by atoms with Gasteiger partial charge in [-0.1, -0.05) is 18.2 Å². The topological polar surface area (TPSA) is 58.1 Å². The molecule has 0 aliphatic rings. The predicted octanol–water partition coefficient (Wildman–Crippen LogP) is 4.81. The number of rotatable bonds is 5. The summed E-state index contributed by atoms with van der Waals surface area (Å²) in [6.45, 7) is 8.62. The highest BCUT2D eigenvalue weighted by Crippen LogP contribution is 2.20. The fraction of sp³-hybridized carbons (Fsp3) is 0.227. The van der Waals surface area contributed by atoms with Gasteiger partial charge in [-0.25, -0.2) is 9.97 Å². The third-order valence-electron chi connectivity index (χ3n) is 4.24. The molecular weight excluding hydrogens is 336 g/mol. The van der Waals surface area contributed by atoms with Crippen molar-refractivity contribution < 1.29 is 4.79 Å². The first kappa shape index (κ1) is 18.6. The maximum absolute atomic E-state index is 12.8. The van der Waals surface area contributed by atoms with Gasteiger partial charge in [-0.05, 0) is 68.7 Å². The minimum atomic E-state index is -0.159. The zero-order chi connectivity index (χ0) is 19.4. The lowest BCUT2D eigenvalue weighted by Crippen LogP contribution is -2.31. The summed E-state index contributed by atoms with van der Waals surface area (Å²) in [6, 6.07) is 14.1. The van der Waals surface area contributed by atoms with Gasteiger partial charge in [0, 0.05) is 17.9 Å². The summed E-state index contributed by atoms with van der Waals surface area (Å²) in [5.74, 6) is 0.448. The van der Waals surface area contributed by atoms with Gasteiger partial charge in [-0.15, -0.1) is 0 Å². The number of aromatic nitrogens is 2. The summed E-state index contributed by atoms with van der Waals surface area (Å²) in [5, 5.41) is 3.24. The van der Waals surface area contributed by atoms with Crippen molar-refractivity contribution in [1.29, 1.82) is 0 Å². The number of hydrogen-bond donors (Lipinski definition) is 1. The van der Waals surface area contributed by atoms with Crippen LogP contribution < -0.4 is 10.2 Å². The lowest BCUT2D eigenvalue weighted by atomic mass is 10.1. The van der Waals surface area contributed by atoms with E-state index in [1.165, 1.54) is 17.3 Å². The van der Waals surface area contributed by atoms with Crippen molar-refractivity contribution in [3.05, 3.63) is 77.2 Å². The van der Waals surface area contributed by atoms with Crippen molar-refractivity contribution in [3.63, 3.8) is 0 Å². The Morgan fingerprint density at radius 3 is 2.30 bits per heavy atom. The van der Waals surface area contributed by atoms with Gasteiger partial charge in [0.1, 0.15) is 11.5 Å². The summed E-state index contributed by atoms with van der Waals surface area (Å²) in [7, 11) is 0. The molecule has 27 heavy (non-hydrogen) atoms. The van der Waals surface area contributed by atoms with Crippen LogP contribution in [0.5, 0.6) is 0 Å². The molecule has 0 aliphatic heterocycles. The smallest absolute Gasteiger partial charge is 0.278 e. The van der Waals surface area contributed by atoms with Crippen molar-refractivity contribution in [2.24, 2.45) is 0 Å².